The van der Waals surface area contributed by atoms with Crippen LogP contribution in [0.1, 0.15) is 5.56 Å². The Bertz CT molecular complexity index is 747. The zero-order valence-corrected chi connectivity index (χ0v) is 12.2. The predicted octanol–water partition coefficient (Wildman–Crippen LogP) is 1.25. The van der Waals surface area contributed by atoms with Gasteiger partial charge in [0.2, 0.25) is 5.91 Å². The Morgan fingerprint density at radius 3 is 2.60 bits per heavy atom. The van der Waals surface area contributed by atoms with Crippen LogP contribution in [0.3, 0.4) is 0 Å². The molecule has 1 heterocycles. The lowest BCUT2D eigenvalue weighted by molar-refractivity contribution is -0.116. The molecular formula is C13H12BrN3O3. The number of hydrogen-bond donors (Lipinski definition) is 2. The zero-order chi connectivity index (χ0) is 14.7. The fraction of sp³-hybridized carbons (Fsp3) is 0.154. The van der Waals surface area contributed by atoms with Gasteiger partial charge in [-0.2, -0.15) is 0 Å². The largest absolute Gasteiger partial charge is 0.328 e. The van der Waals surface area contributed by atoms with Gasteiger partial charge in [0.15, 0.2) is 0 Å². The van der Waals surface area contributed by atoms with Gasteiger partial charge in [-0.25, -0.2) is 9.36 Å². The molecule has 0 saturated carbocycles. The molecule has 0 spiro atoms. The minimum absolute atomic E-state index is 0.195. The number of hydrogen-bond acceptors (Lipinski definition) is 3. The molecule has 0 unspecified atom stereocenters. The maximum Gasteiger partial charge on any atom is 0.328 e. The number of halogens is 1. The summed E-state index contributed by atoms with van der Waals surface area (Å²) in [5.74, 6) is -0.445. The molecule has 0 aliphatic heterocycles. The molecule has 20 heavy (non-hydrogen) atoms. The molecule has 6 nitrogen and oxygen atoms in total. The highest BCUT2D eigenvalue weighted by atomic mass is 79.9. The first kappa shape index (κ1) is 14.3. The number of rotatable bonds is 3. The van der Waals surface area contributed by atoms with Crippen molar-refractivity contribution in [2.45, 2.75) is 13.5 Å². The first-order valence-corrected chi connectivity index (χ1v) is 6.61. The van der Waals surface area contributed by atoms with Crippen molar-refractivity contribution >= 4 is 27.5 Å². The summed E-state index contributed by atoms with van der Waals surface area (Å²) >= 11 is 3.01. The van der Waals surface area contributed by atoms with E-state index < -0.39 is 17.2 Å². The maximum atomic E-state index is 11.8. The Morgan fingerprint density at radius 1 is 1.30 bits per heavy atom. The Hall–Kier alpha value is -2.15. The normalized spacial score (nSPS) is 10.3. The molecule has 1 aromatic heterocycles. The topological polar surface area (TPSA) is 84.0 Å². The van der Waals surface area contributed by atoms with Gasteiger partial charge in [0, 0.05) is 11.9 Å². The first-order valence-electron chi connectivity index (χ1n) is 5.82. The Labute approximate surface area is 122 Å². The van der Waals surface area contributed by atoms with Crippen molar-refractivity contribution in [2.24, 2.45) is 0 Å². The number of carbonyl (C=O) groups is 1. The summed E-state index contributed by atoms with van der Waals surface area (Å²) in [4.78, 5) is 37.5. The molecule has 2 N–H and O–H groups in total. The summed E-state index contributed by atoms with van der Waals surface area (Å²) in [6, 6.07) is 7.21. The minimum Gasteiger partial charge on any atom is -0.325 e. The molecule has 0 radical (unpaired) electrons. The second-order valence-electron chi connectivity index (χ2n) is 4.25. The average Bonchev–Trinajstić information content (AvgIpc) is 2.42. The van der Waals surface area contributed by atoms with Crippen LogP contribution in [-0.2, 0) is 11.3 Å². The molecule has 0 aliphatic rings. The minimum atomic E-state index is -0.628. The molecule has 0 saturated heterocycles. The molecule has 0 bridgehead atoms. The lowest BCUT2D eigenvalue weighted by Gasteiger charge is -2.07. The number of aromatic nitrogens is 2. The number of anilines is 1. The van der Waals surface area contributed by atoms with Crippen molar-refractivity contribution in [3.63, 3.8) is 0 Å². The van der Waals surface area contributed by atoms with Crippen LogP contribution in [0.4, 0.5) is 5.69 Å². The quantitative estimate of drug-likeness (QED) is 0.883. The second-order valence-corrected chi connectivity index (χ2v) is 5.10. The number of nitrogens with one attached hydrogen (secondary N) is 2. The monoisotopic (exact) mass is 337 g/mol. The van der Waals surface area contributed by atoms with Gasteiger partial charge in [-0.15, -0.1) is 0 Å². The van der Waals surface area contributed by atoms with E-state index in [1.165, 1.54) is 6.20 Å². The van der Waals surface area contributed by atoms with Gasteiger partial charge >= 0.3 is 5.69 Å². The number of amides is 1. The molecule has 7 heteroatoms. The average molecular weight is 338 g/mol. The van der Waals surface area contributed by atoms with Crippen molar-refractivity contribution in [1.29, 1.82) is 0 Å². The van der Waals surface area contributed by atoms with Gasteiger partial charge in [0.25, 0.3) is 5.56 Å². The predicted molar refractivity (Wildman–Crippen MR) is 78.8 cm³/mol. The van der Waals surface area contributed by atoms with Crippen molar-refractivity contribution in [2.75, 3.05) is 5.32 Å². The highest BCUT2D eigenvalue weighted by Gasteiger charge is 2.10. The van der Waals surface area contributed by atoms with Crippen molar-refractivity contribution < 1.29 is 4.79 Å². The van der Waals surface area contributed by atoms with Gasteiger partial charge in [-0.1, -0.05) is 17.7 Å². The van der Waals surface area contributed by atoms with Gasteiger partial charge in [-0.3, -0.25) is 9.59 Å². The zero-order valence-electron chi connectivity index (χ0n) is 10.6. The van der Waals surface area contributed by atoms with Crippen LogP contribution in [-0.4, -0.2) is 15.5 Å². The summed E-state index contributed by atoms with van der Waals surface area (Å²) in [6.07, 6.45) is 1.25. The van der Waals surface area contributed by atoms with E-state index in [1.807, 2.05) is 19.1 Å². The van der Waals surface area contributed by atoms with Crippen LogP contribution in [0.5, 0.6) is 0 Å². The second kappa shape index (κ2) is 5.87. The molecule has 104 valence electrons. The molecule has 2 rings (SSSR count). The molecule has 0 atom stereocenters. The van der Waals surface area contributed by atoms with Gasteiger partial charge < -0.3 is 10.3 Å². The van der Waals surface area contributed by atoms with E-state index in [1.54, 1.807) is 12.1 Å². The van der Waals surface area contributed by atoms with Crippen molar-refractivity contribution in [3.8, 4) is 0 Å². The molecule has 2 aromatic rings. The number of aromatic amines is 1. The van der Waals surface area contributed by atoms with Crippen LogP contribution in [0.2, 0.25) is 0 Å². The summed E-state index contributed by atoms with van der Waals surface area (Å²) < 4.78 is 1.02. The Balaban J connectivity index is 2.17. The highest BCUT2D eigenvalue weighted by Crippen LogP contribution is 2.08. The number of benzene rings is 1. The van der Waals surface area contributed by atoms with Gasteiger partial charge in [0.1, 0.15) is 6.54 Å². The van der Waals surface area contributed by atoms with Gasteiger partial charge in [0.05, 0.1) is 4.47 Å². The fourth-order valence-corrected chi connectivity index (χ4v) is 1.94. The van der Waals surface area contributed by atoms with Crippen LogP contribution in [0.25, 0.3) is 0 Å². The van der Waals surface area contributed by atoms with Crippen LogP contribution >= 0.6 is 15.9 Å². The molecule has 1 aromatic carbocycles. The van der Waals surface area contributed by atoms with Crippen LogP contribution < -0.4 is 16.6 Å². The number of aryl methyl sites for hydroxylation is 1. The molecular weight excluding hydrogens is 326 g/mol. The molecule has 0 fully saturated rings. The highest BCUT2D eigenvalue weighted by molar-refractivity contribution is 9.10. The van der Waals surface area contributed by atoms with E-state index in [0.29, 0.717) is 5.69 Å². The lowest BCUT2D eigenvalue weighted by atomic mass is 10.2. The third-order valence-electron chi connectivity index (χ3n) is 2.65. The number of nitrogens with zero attached hydrogens (tertiary/aromatic N) is 1. The summed E-state index contributed by atoms with van der Waals surface area (Å²) in [5, 5.41) is 2.62. The fourth-order valence-electron chi connectivity index (χ4n) is 1.61. The summed E-state index contributed by atoms with van der Waals surface area (Å²) in [5.41, 5.74) is 0.507. The van der Waals surface area contributed by atoms with E-state index in [9.17, 15) is 14.4 Å². The van der Waals surface area contributed by atoms with Crippen LogP contribution in [0, 0.1) is 6.92 Å². The summed E-state index contributed by atoms with van der Waals surface area (Å²) in [6.45, 7) is 1.59. The Kier molecular flexibility index (Phi) is 4.19. The first-order chi connectivity index (χ1) is 9.47. The Morgan fingerprint density at radius 2 is 1.95 bits per heavy atom. The van der Waals surface area contributed by atoms with E-state index in [0.717, 1.165) is 10.1 Å². The van der Waals surface area contributed by atoms with E-state index in [2.05, 4.69) is 26.2 Å². The third kappa shape index (κ3) is 3.24. The van der Waals surface area contributed by atoms with Crippen molar-refractivity contribution in [1.82, 2.24) is 9.55 Å². The van der Waals surface area contributed by atoms with Crippen LogP contribution in [0.15, 0.2) is 44.5 Å². The molecule has 0 aliphatic carbocycles. The number of carbonyl (C=O) groups excluding carboxylic acids is 1. The standard InChI is InChI=1S/C13H12BrN3O3/c1-8-2-4-9(5-3-8)16-11(18)7-17-12(19)10(14)6-15-13(17)20/h2-6H,7H2,1H3,(H,15,20)(H,16,18). The smallest absolute Gasteiger partial charge is 0.325 e. The maximum absolute atomic E-state index is 11.8. The van der Waals surface area contributed by atoms with E-state index in [-0.39, 0.29) is 11.0 Å². The molecule has 1 amide bonds. The van der Waals surface area contributed by atoms with E-state index >= 15 is 0 Å². The summed E-state index contributed by atoms with van der Waals surface area (Å²) in [7, 11) is 0. The lowest BCUT2D eigenvalue weighted by Crippen LogP contribution is -2.38. The van der Waals surface area contributed by atoms with Gasteiger partial charge in [-0.05, 0) is 35.0 Å². The number of H-pyrrole nitrogens is 1. The third-order valence-corrected chi connectivity index (χ3v) is 3.22. The van der Waals surface area contributed by atoms with E-state index in [4.69, 9.17) is 0 Å². The van der Waals surface area contributed by atoms with Crippen molar-refractivity contribution in [3.05, 3.63) is 61.3 Å². The SMILES string of the molecule is Cc1ccc(NC(=O)Cn2c(=O)[nH]cc(Br)c2=O)cc1.